The van der Waals surface area contributed by atoms with Gasteiger partial charge in [0, 0.05) is 13.6 Å². The molecule has 1 aromatic carbocycles. The first-order valence-electron chi connectivity index (χ1n) is 6.02. The highest BCUT2D eigenvalue weighted by Gasteiger charge is 2.36. The van der Waals surface area contributed by atoms with Crippen LogP contribution in [0.4, 0.5) is 0 Å². The zero-order chi connectivity index (χ0) is 14.2. The van der Waals surface area contributed by atoms with Gasteiger partial charge in [0.2, 0.25) is 10.0 Å². The van der Waals surface area contributed by atoms with Gasteiger partial charge in [-0.15, -0.1) is 0 Å². The van der Waals surface area contributed by atoms with Crippen LogP contribution in [-0.2, 0) is 10.0 Å². The summed E-state index contributed by atoms with van der Waals surface area (Å²) in [6, 6.07) is 6.16. The van der Waals surface area contributed by atoms with Gasteiger partial charge in [0.15, 0.2) is 0 Å². The quantitative estimate of drug-likeness (QED) is 0.858. The number of rotatable bonds is 4. The van der Waals surface area contributed by atoms with Gasteiger partial charge < -0.3 is 0 Å². The standard InChI is InChI=1S/C13H15ClN2O2S/c1-9-5-11(9)8-16(2)19(17,18)13-4-3-10(7-15)6-12(13)14/h3-4,6,9,11H,5,8H2,1-2H3. The maximum absolute atomic E-state index is 12.4. The minimum absolute atomic E-state index is 0.0592. The van der Waals surface area contributed by atoms with E-state index in [0.717, 1.165) is 6.42 Å². The van der Waals surface area contributed by atoms with Crippen LogP contribution >= 0.6 is 11.6 Å². The van der Waals surface area contributed by atoms with Gasteiger partial charge in [-0.25, -0.2) is 12.7 Å². The third-order valence-corrected chi connectivity index (χ3v) is 5.82. The summed E-state index contributed by atoms with van der Waals surface area (Å²) in [6.07, 6.45) is 1.07. The van der Waals surface area contributed by atoms with Crippen molar-refractivity contribution in [1.29, 1.82) is 5.26 Å². The topological polar surface area (TPSA) is 61.2 Å². The summed E-state index contributed by atoms with van der Waals surface area (Å²) >= 11 is 5.96. The summed E-state index contributed by atoms with van der Waals surface area (Å²) in [5.74, 6) is 1.03. The Labute approximate surface area is 118 Å². The van der Waals surface area contributed by atoms with Gasteiger partial charge in [0.1, 0.15) is 4.90 Å². The number of benzene rings is 1. The third-order valence-electron chi connectivity index (χ3n) is 3.52. The molecule has 0 heterocycles. The van der Waals surface area contributed by atoms with E-state index < -0.39 is 10.0 Å². The maximum Gasteiger partial charge on any atom is 0.244 e. The molecule has 2 rings (SSSR count). The summed E-state index contributed by atoms with van der Waals surface area (Å²) in [5.41, 5.74) is 0.349. The Bertz CT molecular complexity index is 637. The monoisotopic (exact) mass is 298 g/mol. The van der Waals surface area contributed by atoms with Crippen LogP contribution in [0.25, 0.3) is 0 Å². The average molecular weight is 299 g/mol. The van der Waals surface area contributed by atoms with Crippen molar-refractivity contribution in [3.63, 3.8) is 0 Å². The van der Waals surface area contributed by atoms with Gasteiger partial charge >= 0.3 is 0 Å². The highest BCUT2D eigenvalue weighted by Crippen LogP contribution is 2.39. The molecule has 0 bridgehead atoms. The van der Waals surface area contributed by atoms with E-state index in [4.69, 9.17) is 16.9 Å². The molecule has 4 nitrogen and oxygen atoms in total. The number of hydrogen-bond acceptors (Lipinski definition) is 3. The fourth-order valence-corrected chi connectivity index (χ4v) is 3.77. The Morgan fingerprint density at radius 3 is 2.63 bits per heavy atom. The molecular weight excluding hydrogens is 284 g/mol. The molecule has 19 heavy (non-hydrogen) atoms. The largest absolute Gasteiger partial charge is 0.244 e. The predicted octanol–water partition coefficient (Wildman–Crippen LogP) is 2.49. The summed E-state index contributed by atoms with van der Waals surface area (Å²) in [7, 11) is -2.02. The Hall–Kier alpha value is -1.09. The van der Waals surface area contributed by atoms with Crippen molar-refractivity contribution in [2.45, 2.75) is 18.2 Å². The van der Waals surface area contributed by atoms with Gasteiger partial charge in [-0.05, 0) is 36.5 Å². The Kier molecular flexibility index (Phi) is 3.86. The van der Waals surface area contributed by atoms with Crippen LogP contribution in [-0.4, -0.2) is 26.3 Å². The number of halogens is 1. The summed E-state index contributed by atoms with van der Waals surface area (Å²) in [4.78, 5) is 0.0592. The lowest BCUT2D eigenvalue weighted by atomic mass is 10.2. The van der Waals surface area contributed by atoms with E-state index >= 15 is 0 Å². The zero-order valence-corrected chi connectivity index (χ0v) is 12.4. The molecule has 1 aliphatic rings. The smallest absolute Gasteiger partial charge is 0.207 e. The van der Waals surface area contributed by atoms with E-state index in [1.807, 2.05) is 6.07 Å². The van der Waals surface area contributed by atoms with Crippen LogP contribution in [0.1, 0.15) is 18.9 Å². The molecule has 0 aliphatic heterocycles. The molecule has 1 saturated carbocycles. The zero-order valence-electron chi connectivity index (χ0n) is 10.8. The van der Waals surface area contributed by atoms with Crippen LogP contribution in [0, 0.1) is 23.2 Å². The SMILES string of the molecule is CC1CC1CN(C)S(=O)(=O)c1ccc(C#N)cc1Cl. The Morgan fingerprint density at radius 2 is 2.16 bits per heavy atom. The Morgan fingerprint density at radius 1 is 1.53 bits per heavy atom. The van der Waals surface area contributed by atoms with Crippen molar-refractivity contribution >= 4 is 21.6 Å². The molecule has 1 aliphatic carbocycles. The van der Waals surface area contributed by atoms with E-state index in [-0.39, 0.29) is 9.92 Å². The van der Waals surface area contributed by atoms with Crippen molar-refractivity contribution in [2.24, 2.45) is 11.8 Å². The molecule has 0 N–H and O–H groups in total. The summed E-state index contributed by atoms with van der Waals surface area (Å²) in [6.45, 7) is 2.62. The molecule has 0 radical (unpaired) electrons. The molecule has 102 valence electrons. The van der Waals surface area contributed by atoms with Crippen molar-refractivity contribution in [3.8, 4) is 6.07 Å². The second-order valence-electron chi connectivity index (χ2n) is 5.02. The highest BCUT2D eigenvalue weighted by atomic mass is 35.5. The normalized spacial score (nSPS) is 22.3. The average Bonchev–Trinajstić information content (AvgIpc) is 3.04. The van der Waals surface area contributed by atoms with Gasteiger partial charge in [-0.1, -0.05) is 18.5 Å². The van der Waals surface area contributed by atoms with E-state index in [1.54, 1.807) is 7.05 Å². The molecule has 2 unspecified atom stereocenters. The first-order valence-corrected chi connectivity index (χ1v) is 7.84. The van der Waals surface area contributed by atoms with Crippen molar-refractivity contribution in [3.05, 3.63) is 28.8 Å². The minimum atomic E-state index is -3.58. The van der Waals surface area contributed by atoms with Gasteiger partial charge in [0.25, 0.3) is 0 Å². The van der Waals surface area contributed by atoms with Crippen LogP contribution < -0.4 is 0 Å². The fourth-order valence-electron chi connectivity index (χ4n) is 2.03. The number of sulfonamides is 1. The lowest BCUT2D eigenvalue weighted by Gasteiger charge is -2.18. The van der Waals surface area contributed by atoms with Gasteiger partial charge in [-0.2, -0.15) is 5.26 Å². The molecule has 0 amide bonds. The molecule has 0 aromatic heterocycles. The third kappa shape index (κ3) is 2.92. The van der Waals surface area contributed by atoms with E-state index in [1.165, 1.54) is 22.5 Å². The van der Waals surface area contributed by atoms with Crippen molar-refractivity contribution in [1.82, 2.24) is 4.31 Å². The van der Waals surface area contributed by atoms with Crippen LogP contribution in [0.2, 0.25) is 5.02 Å². The summed E-state index contributed by atoms with van der Waals surface area (Å²) in [5, 5.41) is 8.85. The number of nitriles is 1. The molecular formula is C13H15ClN2O2S. The van der Waals surface area contributed by atoms with Crippen LogP contribution in [0.5, 0.6) is 0 Å². The second-order valence-corrected chi connectivity index (χ2v) is 7.44. The molecule has 0 saturated heterocycles. The number of nitrogens with zero attached hydrogens (tertiary/aromatic N) is 2. The second kappa shape index (κ2) is 5.12. The summed E-state index contributed by atoms with van der Waals surface area (Å²) < 4.78 is 26.1. The number of hydrogen-bond donors (Lipinski definition) is 0. The molecule has 6 heteroatoms. The van der Waals surface area contributed by atoms with Crippen molar-refractivity contribution < 1.29 is 8.42 Å². The molecule has 0 spiro atoms. The molecule has 1 aromatic rings. The molecule has 1 fully saturated rings. The van der Waals surface area contributed by atoms with E-state index in [2.05, 4.69) is 6.92 Å². The molecule has 2 atom stereocenters. The highest BCUT2D eigenvalue weighted by molar-refractivity contribution is 7.89. The maximum atomic E-state index is 12.4. The lowest BCUT2D eigenvalue weighted by molar-refractivity contribution is 0.445. The van der Waals surface area contributed by atoms with E-state index in [0.29, 0.717) is 23.9 Å². The van der Waals surface area contributed by atoms with Crippen LogP contribution in [0.3, 0.4) is 0 Å². The van der Waals surface area contributed by atoms with Gasteiger partial charge in [0.05, 0.1) is 16.7 Å². The van der Waals surface area contributed by atoms with E-state index in [9.17, 15) is 8.42 Å². The predicted molar refractivity (Wildman–Crippen MR) is 73.3 cm³/mol. The van der Waals surface area contributed by atoms with Gasteiger partial charge in [-0.3, -0.25) is 0 Å². The van der Waals surface area contributed by atoms with Crippen molar-refractivity contribution in [2.75, 3.05) is 13.6 Å². The van der Waals surface area contributed by atoms with Crippen LogP contribution in [0.15, 0.2) is 23.1 Å². The minimum Gasteiger partial charge on any atom is -0.207 e. The first kappa shape index (κ1) is 14.3. The first-order chi connectivity index (χ1) is 8.86. The fraction of sp³-hybridized carbons (Fsp3) is 0.462. The Balaban J connectivity index is 2.26. The lowest BCUT2D eigenvalue weighted by Crippen LogP contribution is -2.29.